The number of aromatic hydroxyl groups is 1. The zero-order valence-corrected chi connectivity index (χ0v) is 19.9. The molecule has 35 heavy (non-hydrogen) atoms. The number of aromatic carboxylic acids is 1. The van der Waals surface area contributed by atoms with Crippen LogP contribution in [0.3, 0.4) is 0 Å². The molecule has 0 aliphatic heterocycles. The predicted octanol–water partition coefficient (Wildman–Crippen LogP) is 2.66. The third-order valence-corrected chi connectivity index (χ3v) is 4.97. The molecule has 0 aliphatic carbocycles. The second kappa shape index (κ2) is 11.2. The number of halogens is 1. The molecule has 3 rings (SSSR count). The van der Waals surface area contributed by atoms with Crippen molar-refractivity contribution in [2.24, 2.45) is 7.05 Å². The number of nitrogens with one attached hydrogen (secondary N) is 2. The smallest absolute Gasteiger partial charge is 0.336 e. The zero-order chi connectivity index (χ0) is 26.4. The number of nitrogen functional groups attached to an aromatic ring is 1. The van der Waals surface area contributed by atoms with E-state index in [0.717, 1.165) is 18.2 Å². The van der Waals surface area contributed by atoms with E-state index in [1.807, 2.05) is 19.9 Å². The van der Waals surface area contributed by atoms with Gasteiger partial charge in [-0.1, -0.05) is 13.8 Å². The molecule has 0 spiro atoms. The van der Waals surface area contributed by atoms with Gasteiger partial charge in [0.2, 0.25) is 5.75 Å². The summed E-state index contributed by atoms with van der Waals surface area (Å²) in [6.07, 6.45) is -1.08. The maximum Gasteiger partial charge on any atom is 0.336 e. The summed E-state index contributed by atoms with van der Waals surface area (Å²) in [5.41, 5.74) is 4.99. The van der Waals surface area contributed by atoms with Crippen LogP contribution in [0.15, 0.2) is 23.0 Å². The van der Waals surface area contributed by atoms with Crippen molar-refractivity contribution in [3.05, 3.63) is 56.9 Å². The van der Waals surface area contributed by atoms with Crippen molar-refractivity contribution < 1.29 is 24.1 Å². The van der Waals surface area contributed by atoms with Crippen molar-refractivity contribution in [2.45, 2.75) is 33.4 Å². The van der Waals surface area contributed by atoms with Crippen molar-refractivity contribution in [3.63, 3.8) is 0 Å². The Morgan fingerprint density at radius 1 is 1.40 bits per heavy atom. The summed E-state index contributed by atoms with van der Waals surface area (Å²) in [4.78, 5) is 26.6. The van der Waals surface area contributed by atoms with Crippen molar-refractivity contribution >= 4 is 11.8 Å². The summed E-state index contributed by atoms with van der Waals surface area (Å²) < 4.78 is 20.8. The number of aromatic amines is 1. The molecule has 1 unspecified atom stereocenters. The standard InChI is InChI=1S/C21H21FN6O5.C2H6/c1-9(12-6-10(22)4-5-11(12)21(31)32)33-18-17(29)16(20(30)26-19(18)24)15-13(8-25-2)27-28(3)14(15)7-23;1-2/h4-6,9,25H,8H2,1-3H3,(H,31,32)(H4,24,26,29,30);1-2H3. The molecule has 12 heteroatoms. The van der Waals surface area contributed by atoms with E-state index < -0.39 is 29.2 Å². The normalized spacial score (nSPS) is 11.2. The van der Waals surface area contributed by atoms with Gasteiger partial charge >= 0.3 is 5.97 Å². The van der Waals surface area contributed by atoms with Gasteiger partial charge in [0.15, 0.2) is 11.6 Å². The van der Waals surface area contributed by atoms with Crippen LogP contribution in [0.25, 0.3) is 11.1 Å². The molecule has 6 N–H and O–H groups in total. The van der Waals surface area contributed by atoms with Crippen molar-refractivity contribution in [3.8, 4) is 28.7 Å². The molecule has 0 radical (unpaired) electrons. The first-order valence-electron chi connectivity index (χ1n) is 10.7. The number of H-pyrrole nitrogens is 1. The number of hydrogen-bond acceptors (Lipinski definition) is 8. The molecule has 186 valence electrons. The number of rotatable bonds is 7. The van der Waals surface area contributed by atoms with Gasteiger partial charge in [0, 0.05) is 19.2 Å². The van der Waals surface area contributed by atoms with Gasteiger partial charge in [-0.2, -0.15) is 10.4 Å². The molecular weight excluding hydrogens is 459 g/mol. The summed E-state index contributed by atoms with van der Waals surface area (Å²) in [6, 6.07) is 5.04. The number of aryl methyl sites for hydroxylation is 1. The van der Waals surface area contributed by atoms with E-state index >= 15 is 0 Å². The fourth-order valence-electron chi connectivity index (χ4n) is 3.51. The molecule has 1 aromatic carbocycles. The number of hydrogen-bond donors (Lipinski definition) is 5. The summed E-state index contributed by atoms with van der Waals surface area (Å²) >= 11 is 0. The molecule has 0 saturated heterocycles. The second-order valence-electron chi connectivity index (χ2n) is 7.15. The summed E-state index contributed by atoms with van der Waals surface area (Å²) in [7, 11) is 3.16. The van der Waals surface area contributed by atoms with Gasteiger partial charge in [-0.05, 0) is 32.2 Å². The van der Waals surface area contributed by atoms with E-state index in [1.54, 1.807) is 7.05 Å². The van der Waals surface area contributed by atoms with Gasteiger partial charge in [0.05, 0.1) is 22.4 Å². The highest BCUT2D eigenvalue weighted by molar-refractivity contribution is 5.89. The van der Waals surface area contributed by atoms with E-state index in [9.17, 15) is 29.5 Å². The first-order chi connectivity index (χ1) is 16.6. The topological polar surface area (TPSA) is 179 Å². The lowest BCUT2D eigenvalue weighted by atomic mass is 10.0. The quantitative estimate of drug-likeness (QED) is 0.335. The number of nitrogens with zero attached hydrogens (tertiary/aromatic N) is 3. The Kier molecular flexibility index (Phi) is 8.58. The van der Waals surface area contributed by atoms with Gasteiger partial charge in [-0.15, -0.1) is 0 Å². The molecule has 1 atom stereocenters. The van der Waals surface area contributed by atoms with Crippen LogP contribution in [0.2, 0.25) is 0 Å². The molecule has 3 aromatic rings. The minimum atomic E-state index is -1.30. The van der Waals surface area contributed by atoms with E-state index in [-0.39, 0.29) is 46.1 Å². The minimum absolute atomic E-state index is 0.0102. The molecule has 2 heterocycles. The van der Waals surface area contributed by atoms with Crippen molar-refractivity contribution in [1.29, 1.82) is 5.26 Å². The van der Waals surface area contributed by atoms with Crippen LogP contribution in [0, 0.1) is 17.1 Å². The Labute approximate surface area is 200 Å². The number of carboxylic acids is 1. The Morgan fingerprint density at radius 2 is 2.06 bits per heavy atom. The summed E-state index contributed by atoms with van der Waals surface area (Å²) in [5, 5.41) is 37.0. The van der Waals surface area contributed by atoms with Crippen LogP contribution >= 0.6 is 0 Å². The van der Waals surface area contributed by atoms with E-state index in [4.69, 9.17) is 10.5 Å². The van der Waals surface area contributed by atoms with E-state index in [2.05, 4.69) is 15.4 Å². The number of aromatic nitrogens is 3. The number of benzene rings is 1. The monoisotopic (exact) mass is 486 g/mol. The van der Waals surface area contributed by atoms with Crippen molar-refractivity contribution in [1.82, 2.24) is 20.1 Å². The van der Waals surface area contributed by atoms with Crippen molar-refractivity contribution in [2.75, 3.05) is 12.8 Å². The third kappa shape index (κ3) is 5.25. The molecule has 0 aliphatic rings. The number of pyridine rings is 1. The largest absolute Gasteiger partial charge is 0.504 e. The van der Waals surface area contributed by atoms with Crippen LogP contribution in [-0.2, 0) is 13.6 Å². The highest BCUT2D eigenvalue weighted by atomic mass is 19.1. The molecule has 0 saturated carbocycles. The van der Waals surface area contributed by atoms with Gasteiger partial charge in [0.25, 0.3) is 5.56 Å². The van der Waals surface area contributed by atoms with E-state index in [0.29, 0.717) is 5.69 Å². The molecule has 2 aromatic heterocycles. The van der Waals surface area contributed by atoms with Gasteiger partial charge < -0.3 is 31.0 Å². The average molecular weight is 487 g/mol. The Balaban J connectivity index is 0.00000210. The van der Waals surface area contributed by atoms with Crippen LogP contribution < -0.4 is 21.3 Å². The van der Waals surface area contributed by atoms with Gasteiger partial charge in [-0.3, -0.25) is 9.48 Å². The highest BCUT2D eigenvalue weighted by Crippen LogP contribution is 2.42. The SMILES string of the molecule is CC.CNCc1nn(C)c(C#N)c1-c1c(O)c(OC(C)c2cc(F)ccc2C(=O)O)c(N)[nH]c1=O. The molecule has 11 nitrogen and oxygen atoms in total. The van der Waals surface area contributed by atoms with E-state index in [1.165, 1.54) is 18.7 Å². The van der Waals surface area contributed by atoms with Crippen LogP contribution in [0.5, 0.6) is 11.5 Å². The number of ether oxygens (including phenoxy) is 1. The number of nitriles is 1. The number of nitrogens with two attached hydrogens (primary N) is 1. The highest BCUT2D eigenvalue weighted by Gasteiger charge is 2.28. The molecular formula is C23H27FN6O5. The first-order valence-corrected chi connectivity index (χ1v) is 10.7. The fourth-order valence-corrected chi connectivity index (χ4v) is 3.51. The summed E-state index contributed by atoms with van der Waals surface area (Å²) in [6.45, 7) is 5.62. The van der Waals surface area contributed by atoms with Gasteiger partial charge in [0.1, 0.15) is 23.7 Å². The van der Waals surface area contributed by atoms with Crippen LogP contribution in [-0.4, -0.2) is 38.0 Å². The second-order valence-corrected chi connectivity index (χ2v) is 7.15. The lowest BCUT2D eigenvalue weighted by Gasteiger charge is -2.20. The lowest BCUT2D eigenvalue weighted by Crippen LogP contribution is -2.17. The predicted molar refractivity (Wildman–Crippen MR) is 127 cm³/mol. The maximum absolute atomic E-state index is 13.8. The van der Waals surface area contributed by atoms with Crippen LogP contribution in [0.1, 0.15) is 54.2 Å². The zero-order valence-electron chi connectivity index (χ0n) is 19.9. The maximum atomic E-state index is 13.8. The molecule has 0 amide bonds. The third-order valence-electron chi connectivity index (χ3n) is 4.97. The first kappa shape index (κ1) is 26.9. The fraction of sp³-hybridized carbons (Fsp3) is 0.304. The number of anilines is 1. The Bertz CT molecular complexity index is 1340. The summed E-state index contributed by atoms with van der Waals surface area (Å²) in [5.74, 6) is -3.35. The number of carboxylic acid groups (broad SMARTS) is 1. The van der Waals surface area contributed by atoms with Crippen LogP contribution in [0.4, 0.5) is 10.2 Å². The van der Waals surface area contributed by atoms with Gasteiger partial charge in [-0.25, -0.2) is 9.18 Å². The number of carbonyl (C=O) groups is 1. The molecule has 0 fully saturated rings. The average Bonchev–Trinajstić information content (AvgIpc) is 3.12. The Hall–Kier alpha value is -4.37. The lowest BCUT2D eigenvalue weighted by molar-refractivity contribution is 0.0691. The molecule has 0 bridgehead atoms. The minimum Gasteiger partial charge on any atom is -0.504 e. The Morgan fingerprint density at radius 3 is 2.63 bits per heavy atom.